The minimum atomic E-state index is -4.98. The second-order valence-corrected chi connectivity index (χ2v) is 12.0. The molecule has 46 heavy (non-hydrogen) atoms. The van der Waals surface area contributed by atoms with E-state index in [0.717, 1.165) is 43.4 Å². The molecule has 0 spiro atoms. The molecule has 4 nitrogen and oxygen atoms in total. The van der Waals surface area contributed by atoms with Gasteiger partial charge in [0.2, 0.25) is 0 Å². The third-order valence-corrected chi connectivity index (χ3v) is 8.66. The third-order valence-electron chi connectivity index (χ3n) is 8.66. The van der Waals surface area contributed by atoms with Crippen LogP contribution in [0.1, 0.15) is 97.8 Å². The highest BCUT2D eigenvalue weighted by Crippen LogP contribution is 2.43. The van der Waals surface area contributed by atoms with Crippen molar-refractivity contribution < 1.29 is 49.7 Å². The molecular weight excluding hydrogens is 617 g/mol. The van der Waals surface area contributed by atoms with Crippen LogP contribution in [0.4, 0.5) is 30.7 Å². The molecule has 0 radical (unpaired) electrons. The molecule has 0 aromatic heterocycles. The van der Waals surface area contributed by atoms with Gasteiger partial charge in [-0.3, -0.25) is 0 Å². The van der Waals surface area contributed by atoms with Crippen molar-refractivity contribution in [2.45, 2.75) is 95.0 Å². The van der Waals surface area contributed by atoms with E-state index in [-0.39, 0.29) is 30.6 Å². The average molecular weight is 655 g/mol. The largest absolute Gasteiger partial charge is 0.573 e. The average Bonchev–Trinajstić information content (AvgIpc) is 3.02. The summed E-state index contributed by atoms with van der Waals surface area (Å²) in [5.74, 6) is -2.58. The molecule has 3 aromatic carbocycles. The minimum Gasteiger partial charge on any atom is -0.403 e. The predicted octanol–water partition coefficient (Wildman–Crippen LogP) is 10.2. The normalized spacial score (nSPS) is 22.5. The predicted molar refractivity (Wildman–Crippen MR) is 157 cm³/mol. The Morgan fingerprint density at radius 1 is 0.739 bits per heavy atom. The highest BCUT2D eigenvalue weighted by Gasteiger charge is 2.38. The summed E-state index contributed by atoms with van der Waals surface area (Å²) < 4.78 is 116. The van der Waals surface area contributed by atoms with Crippen LogP contribution < -0.4 is 4.74 Å². The van der Waals surface area contributed by atoms with Crippen molar-refractivity contribution in [3.63, 3.8) is 0 Å². The summed E-state index contributed by atoms with van der Waals surface area (Å²) in [4.78, 5) is 0. The van der Waals surface area contributed by atoms with E-state index in [1.54, 1.807) is 24.3 Å². The lowest BCUT2D eigenvalue weighted by atomic mass is 9.76. The number of unbranched alkanes of at least 4 members (excludes halogenated alkanes) is 2. The highest BCUT2D eigenvalue weighted by atomic mass is 19.4. The topological polar surface area (TPSA) is 36.9 Å². The van der Waals surface area contributed by atoms with Gasteiger partial charge in [-0.15, -0.1) is 13.2 Å². The van der Waals surface area contributed by atoms with Crippen LogP contribution in [0.25, 0.3) is 0 Å². The number of rotatable bonds is 11. The van der Waals surface area contributed by atoms with Crippen molar-refractivity contribution >= 4 is 0 Å². The molecular formula is C35H37F7O4. The zero-order valence-electron chi connectivity index (χ0n) is 25.4. The van der Waals surface area contributed by atoms with Crippen LogP contribution in [0, 0.1) is 11.6 Å². The number of benzene rings is 3. The van der Waals surface area contributed by atoms with Gasteiger partial charge in [0.05, 0.1) is 18.8 Å². The van der Waals surface area contributed by atoms with Gasteiger partial charge < -0.3 is 18.9 Å². The van der Waals surface area contributed by atoms with E-state index in [1.807, 2.05) is 0 Å². The zero-order valence-corrected chi connectivity index (χ0v) is 25.4. The van der Waals surface area contributed by atoms with E-state index >= 15 is 4.39 Å². The van der Waals surface area contributed by atoms with Crippen LogP contribution in [0.15, 0.2) is 60.7 Å². The van der Waals surface area contributed by atoms with Crippen molar-refractivity contribution in [1.82, 2.24) is 0 Å². The summed E-state index contributed by atoms with van der Waals surface area (Å²) in [6.45, 7) is 1.79. The van der Waals surface area contributed by atoms with Crippen LogP contribution in [0.5, 0.6) is 5.75 Å². The highest BCUT2D eigenvalue weighted by molar-refractivity contribution is 5.33. The van der Waals surface area contributed by atoms with Gasteiger partial charge in [0, 0.05) is 5.56 Å². The molecule has 0 atom stereocenters. The quantitative estimate of drug-likeness (QED) is 0.152. The Hall–Kier alpha value is -3.15. The van der Waals surface area contributed by atoms with Crippen LogP contribution in [0.2, 0.25) is 0 Å². The summed E-state index contributed by atoms with van der Waals surface area (Å²) in [6, 6.07) is 14.3. The van der Waals surface area contributed by atoms with Crippen molar-refractivity contribution in [1.29, 1.82) is 0 Å². The molecule has 1 saturated heterocycles. The van der Waals surface area contributed by atoms with E-state index in [2.05, 4.69) is 11.7 Å². The Morgan fingerprint density at radius 3 is 1.98 bits per heavy atom. The monoisotopic (exact) mass is 654 g/mol. The van der Waals surface area contributed by atoms with Crippen LogP contribution >= 0.6 is 0 Å². The first kappa shape index (κ1) is 34.2. The van der Waals surface area contributed by atoms with Gasteiger partial charge in [0.15, 0.2) is 17.9 Å². The van der Waals surface area contributed by atoms with E-state index in [1.165, 1.54) is 24.3 Å². The Kier molecular flexibility index (Phi) is 11.0. The molecule has 250 valence electrons. The van der Waals surface area contributed by atoms with E-state index in [4.69, 9.17) is 14.2 Å². The number of hydrogen-bond acceptors (Lipinski definition) is 4. The fraction of sp³-hybridized carbons (Fsp3) is 0.486. The maximum absolute atomic E-state index is 15.3. The summed E-state index contributed by atoms with van der Waals surface area (Å²) in [6.07, 6.45) is -4.03. The summed E-state index contributed by atoms with van der Waals surface area (Å²) >= 11 is 0. The van der Waals surface area contributed by atoms with Gasteiger partial charge in [0.25, 0.3) is 0 Å². The minimum absolute atomic E-state index is 0.0745. The van der Waals surface area contributed by atoms with Gasteiger partial charge in [-0.25, -0.2) is 8.78 Å². The summed E-state index contributed by atoms with van der Waals surface area (Å²) in [7, 11) is 0. The molecule has 0 amide bonds. The number of halogens is 7. The molecule has 2 aliphatic rings. The third kappa shape index (κ3) is 8.80. The van der Waals surface area contributed by atoms with Gasteiger partial charge in [-0.05, 0) is 85.3 Å². The standard InChI is InChI=1S/C35H37F7O4/c1-2-3-4-5-22-6-14-27(15-7-22)34(38,39)45-28-20-43-33(44-21-28)26-12-16-29(30(36)19-26)24-10-8-23(9-11-24)25-13-17-32(31(37)18-25)46-35(40,41)42/h6-7,12-19,23-24,28,33H,2-5,8-11,20-21H2,1H3. The van der Waals surface area contributed by atoms with Crippen LogP contribution in [-0.4, -0.2) is 25.7 Å². The van der Waals surface area contributed by atoms with Crippen molar-refractivity contribution in [2.24, 2.45) is 0 Å². The molecule has 2 fully saturated rings. The second kappa shape index (κ2) is 14.7. The van der Waals surface area contributed by atoms with Gasteiger partial charge in [0.1, 0.15) is 11.9 Å². The molecule has 1 aliphatic carbocycles. The molecule has 1 aliphatic heterocycles. The number of aryl methyl sites for hydroxylation is 1. The molecule has 3 aromatic rings. The van der Waals surface area contributed by atoms with E-state index < -0.39 is 42.2 Å². The van der Waals surface area contributed by atoms with Crippen LogP contribution in [0.3, 0.4) is 0 Å². The fourth-order valence-electron chi connectivity index (χ4n) is 6.21. The van der Waals surface area contributed by atoms with Crippen molar-refractivity contribution in [3.05, 3.63) is 100 Å². The second-order valence-electron chi connectivity index (χ2n) is 12.0. The first-order valence-corrected chi connectivity index (χ1v) is 15.6. The SMILES string of the molecule is CCCCCc1ccc(C(F)(F)OC2COC(c3ccc(C4CCC(c5ccc(OC(F)(F)F)c(F)c5)CC4)c(F)c3)OC2)cc1. The molecule has 0 unspecified atom stereocenters. The molecule has 0 N–H and O–H groups in total. The molecule has 0 bridgehead atoms. The lowest BCUT2D eigenvalue weighted by Crippen LogP contribution is -2.38. The Balaban J connectivity index is 1.11. The summed E-state index contributed by atoms with van der Waals surface area (Å²) in [5.41, 5.74) is 2.24. The molecule has 1 heterocycles. The maximum Gasteiger partial charge on any atom is 0.573 e. The van der Waals surface area contributed by atoms with Gasteiger partial charge in [-0.2, -0.15) is 8.78 Å². The number of hydrogen-bond donors (Lipinski definition) is 0. The maximum atomic E-state index is 15.3. The van der Waals surface area contributed by atoms with Gasteiger partial charge in [-0.1, -0.05) is 62.2 Å². The number of alkyl halides is 5. The Morgan fingerprint density at radius 2 is 1.37 bits per heavy atom. The first-order chi connectivity index (χ1) is 21.9. The zero-order chi connectivity index (χ0) is 32.9. The Bertz CT molecular complexity index is 1430. The van der Waals surface area contributed by atoms with Crippen molar-refractivity contribution in [2.75, 3.05) is 13.2 Å². The first-order valence-electron chi connectivity index (χ1n) is 15.6. The smallest absolute Gasteiger partial charge is 0.403 e. The lowest BCUT2D eigenvalue weighted by Gasteiger charge is -2.32. The molecule has 11 heteroatoms. The molecule has 5 rings (SSSR count). The fourth-order valence-corrected chi connectivity index (χ4v) is 6.21. The van der Waals surface area contributed by atoms with E-state index in [0.29, 0.717) is 42.4 Å². The Labute approximate surface area is 263 Å². The van der Waals surface area contributed by atoms with E-state index in [9.17, 15) is 26.3 Å². The van der Waals surface area contributed by atoms with Gasteiger partial charge >= 0.3 is 12.5 Å². The number of ether oxygens (including phenoxy) is 4. The van der Waals surface area contributed by atoms with Crippen LogP contribution in [-0.2, 0) is 26.7 Å². The summed E-state index contributed by atoms with van der Waals surface area (Å²) in [5, 5.41) is 0. The molecule has 1 saturated carbocycles. The van der Waals surface area contributed by atoms with Crippen molar-refractivity contribution in [3.8, 4) is 5.75 Å². The lowest BCUT2D eigenvalue weighted by molar-refractivity contribution is -0.320.